The first-order valence-corrected chi connectivity index (χ1v) is 11.1. The van der Waals surface area contributed by atoms with Crippen molar-refractivity contribution in [3.05, 3.63) is 46.8 Å². The Bertz CT molecular complexity index is 895. The molecule has 1 aromatic carbocycles. The van der Waals surface area contributed by atoms with Crippen molar-refractivity contribution in [3.63, 3.8) is 0 Å². The Morgan fingerprint density at radius 1 is 1.10 bits per heavy atom. The zero-order valence-corrected chi connectivity index (χ0v) is 18.7. The summed E-state index contributed by atoms with van der Waals surface area (Å²) in [4.78, 5) is 27.5. The Kier molecular flexibility index (Phi) is 7.29. The van der Waals surface area contributed by atoms with Gasteiger partial charge in [0.05, 0.1) is 16.9 Å². The lowest BCUT2D eigenvalue weighted by Crippen LogP contribution is -2.36. The monoisotopic (exact) mass is 410 g/mol. The number of aromatic nitrogens is 2. The Hall–Kier alpha value is -2.63. The molecule has 2 amide bonds. The van der Waals surface area contributed by atoms with Crippen molar-refractivity contribution in [3.8, 4) is 0 Å². The van der Waals surface area contributed by atoms with Crippen molar-refractivity contribution in [2.45, 2.75) is 66.3 Å². The van der Waals surface area contributed by atoms with Crippen LogP contribution in [-0.4, -0.2) is 39.6 Å². The maximum Gasteiger partial charge on any atom is 0.255 e. The van der Waals surface area contributed by atoms with E-state index in [4.69, 9.17) is 0 Å². The van der Waals surface area contributed by atoms with Gasteiger partial charge >= 0.3 is 0 Å². The van der Waals surface area contributed by atoms with E-state index in [1.807, 2.05) is 34.7 Å². The van der Waals surface area contributed by atoms with Gasteiger partial charge in [-0.05, 0) is 63.1 Å². The minimum absolute atomic E-state index is 0.00671. The Balaban J connectivity index is 1.65. The number of piperidine rings is 1. The topological polar surface area (TPSA) is 67.2 Å². The van der Waals surface area contributed by atoms with Gasteiger partial charge in [-0.3, -0.25) is 14.3 Å². The quantitative estimate of drug-likeness (QED) is 0.738. The third-order valence-corrected chi connectivity index (χ3v) is 5.75. The number of likely N-dealkylation sites (tertiary alicyclic amines) is 1. The second kappa shape index (κ2) is 9.92. The zero-order valence-electron chi connectivity index (χ0n) is 18.7. The van der Waals surface area contributed by atoms with Gasteiger partial charge in [0.15, 0.2) is 0 Å². The van der Waals surface area contributed by atoms with Crippen molar-refractivity contribution < 1.29 is 9.59 Å². The van der Waals surface area contributed by atoms with E-state index in [1.54, 1.807) is 6.07 Å². The summed E-state index contributed by atoms with van der Waals surface area (Å²) < 4.78 is 2.04. The number of carbonyl (C=O) groups excluding carboxylic acids is 2. The molecular weight excluding hydrogens is 376 g/mol. The van der Waals surface area contributed by atoms with Gasteiger partial charge in [-0.2, -0.15) is 5.10 Å². The van der Waals surface area contributed by atoms with Gasteiger partial charge in [0.1, 0.15) is 0 Å². The molecule has 1 aromatic heterocycles. The third-order valence-electron chi connectivity index (χ3n) is 5.75. The lowest BCUT2D eigenvalue weighted by Gasteiger charge is -2.27. The van der Waals surface area contributed by atoms with Gasteiger partial charge in [-0.25, -0.2) is 0 Å². The van der Waals surface area contributed by atoms with Crippen LogP contribution in [0.2, 0.25) is 0 Å². The maximum absolute atomic E-state index is 12.9. The van der Waals surface area contributed by atoms with Gasteiger partial charge in [-0.15, -0.1) is 0 Å². The van der Waals surface area contributed by atoms with E-state index in [9.17, 15) is 9.59 Å². The zero-order chi connectivity index (χ0) is 21.7. The number of carbonyl (C=O) groups is 2. The molecule has 30 heavy (non-hydrogen) atoms. The number of anilines is 1. The Labute approximate surface area is 179 Å². The molecule has 1 fully saturated rings. The number of nitrogens with zero attached hydrogens (tertiary/aromatic N) is 3. The number of amides is 2. The average molecular weight is 411 g/mol. The standard InChI is InChI=1S/C24H34N4O2/c1-17(2)16-28-19(4)20(18(3)26-28)12-13-23(29)25-22-11-7-6-10-21(22)24(30)27-14-8-5-9-15-27/h6-7,10-11,17H,5,8-9,12-16H2,1-4H3,(H,25,29). The van der Waals surface area contributed by atoms with Crippen LogP contribution in [0.3, 0.4) is 0 Å². The van der Waals surface area contributed by atoms with E-state index in [0.29, 0.717) is 30.0 Å². The first kappa shape index (κ1) is 22.1. The minimum atomic E-state index is -0.0793. The molecule has 2 heterocycles. The summed E-state index contributed by atoms with van der Waals surface area (Å²) in [5.41, 5.74) is 4.44. The van der Waals surface area contributed by atoms with E-state index in [0.717, 1.165) is 49.4 Å². The van der Waals surface area contributed by atoms with Crippen LogP contribution in [0.25, 0.3) is 0 Å². The molecular formula is C24H34N4O2. The van der Waals surface area contributed by atoms with Gasteiger partial charge < -0.3 is 10.2 Å². The summed E-state index contributed by atoms with van der Waals surface area (Å²) in [6, 6.07) is 7.32. The Morgan fingerprint density at radius 2 is 1.80 bits per heavy atom. The molecule has 0 saturated carbocycles. The van der Waals surface area contributed by atoms with Crippen LogP contribution in [0, 0.1) is 19.8 Å². The lowest BCUT2D eigenvalue weighted by molar-refractivity contribution is -0.116. The second-order valence-corrected chi connectivity index (χ2v) is 8.67. The highest BCUT2D eigenvalue weighted by molar-refractivity contribution is 6.03. The highest BCUT2D eigenvalue weighted by atomic mass is 16.2. The van der Waals surface area contributed by atoms with E-state index < -0.39 is 0 Å². The van der Waals surface area contributed by atoms with Crippen LogP contribution in [0.15, 0.2) is 24.3 Å². The minimum Gasteiger partial charge on any atom is -0.339 e. The molecule has 6 heteroatoms. The third kappa shape index (κ3) is 5.29. The number of hydrogen-bond acceptors (Lipinski definition) is 3. The predicted octanol–water partition coefficient (Wildman–Crippen LogP) is 4.35. The summed E-state index contributed by atoms with van der Waals surface area (Å²) >= 11 is 0. The number of aryl methyl sites for hydroxylation is 1. The van der Waals surface area contributed by atoms with E-state index >= 15 is 0 Å². The largest absolute Gasteiger partial charge is 0.339 e. The van der Waals surface area contributed by atoms with Gasteiger partial charge in [0, 0.05) is 31.7 Å². The van der Waals surface area contributed by atoms with E-state index in [1.165, 1.54) is 6.42 Å². The lowest BCUT2D eigenvalue weighted by atomic mass is 10.1. The van der Waals surface area contributed by atoms with Crippen LogP contribution in [0.1, 0.15) is 66.8 Å². The number of para-hydroxylation sites is 1. The van der Waals surface area contributed by atoms with E-state index in [-0.39, 0.29) is 11.8 Å². The first-order chi connectivity index (χ1) is 14.4. The van der Waals surface area contributed by atoms with Crippen molar-refractivity contribution in [1.82, 2.24) is 14.7 Å². The molecule has 0 spiro atoms. The van der Waals surface area contributed by atoms with Gasteiger partial charge in [0.25, 0.3) is 5.91 Å². The first-order valence-electron chi connectivity index (χ1n) is 11.1. The van der Waals surface area contributed by atoms with E-state index in [2.05, 4.69) is 31.2 Å². The fourth-order valence-electron chi connectivity index (χ4n) is 4.12. The molecule has 1 aliphatic heterocycles. The smallest absolute Gasteiger partial charge is 0.255 e. The van der Waals surface area contributed by atoms with Gasteiger partial charge in [-0.1, -0.05) is 26.0 Å². The molecule has 0 atom stereocenters. The Morgan fingerprint density at radius 3 is 2.50 bits per heavy atom. The SMILES string of the molecule is Cc1nn(CC(C)C)c(C)c1CCC(=O)Nc1ccccc1C(=O)N1CCCCC1. The molecule has 0 radical (unpaired) electrons. The highest BCUT2D eigenvalue weighted by Crippen LogP contribution is 2.21. The highest BCUT2D eigenvalue weighted by Gasteiger charge is 2.21. The summed E-state index contributed by atoms with van der Waals surface area (Å²) in [5, 5.41) is 7.60. The number of benzene rings is 1. The maximum atomic E-state index is 12.9. The van der Waals surface area contributed by atoms with Crippen LogP contribution < -0.4 is 5.32 Å². The van der Waals surface area contributed by atoms with Crippen molar-refractivity contribution in [2.24, 2.45) is 5.92 Å². The predicted molar refractivity (Wildman–Crippen MR) is 120 cm³/mol. The molecule has 0 bridgehead atoms. The van der Waals surface area contributed by atoms with Gasteiger partial charge in [0.2, 0.25) is 5.91 Å². The summed E-state index contributed by atoms with van der Waals surface area (Å²) in [6.45, 7) is 10.9. The fourth-order valence-corrected chi connectivity index (χ4v) is 4.12. The van der Waals surface area contributed by atoms with Crippen LogP contribution >= 0.6 is 0 Å². The molecule has 2 aromatic rings. The number of rotatable bonds is 7. The van der Waals surface area contributed by atoms with Crippen LogP contribution in [0.4, 0.5) is 5.69 Å². The molecule has 3 rings (SSSR count). The number of hydrogen-bond donors (Lipinski definition) is 1. The van der Waals surface area contributed by atoms with Crippen molar-refractivity contribution in [1.29, 1.82) is 0 Å². The molecule has 1 saturated heterocycles. The van der Waals surface area contributed by atoms with Crippen LogP contribution in [0.5, 0.6) is 0 Å². The number of nitrogens with one attached hydrogen (secondary N) is 1. The molecule has 162 valence electrons. The van der Waals surface area contributed by atoms with Crippen molar-refractivity contribution >= 4 is 17.5 Å². The molecule has 6 nitrogen and oxygen atoms in total. The van der Waals surface area contributed by atoms with Crippen LogP contribution in [-0.2, 0) is 17.8 Å². The second-order valence-electron chi connectivity index (χ2n) is 8.67. The fraction of sp³-hybridized carbons (Fsp3) is 0.542. The molecule has 1 N–H and O–H groups in total. The normalized spacial score (nSPS) is 14.2. The van der Waals surface area contributed by atoms with Crippen molar-refractivity contribution in [2.75, 3.05) is 18.4 Å². The molecule has 0 unspecified atom stereocenters. The molecule has 0 aliphatic carbocycles. The molecule has 1 aliphatic rings. The summed E-state index contributed by atoms with van der Waals surface area (Å²) in [7, 11) is 0. The summed E-state index contributed by atoms with van der Waals surface area (Å²) in [5.74, 6) is 0.449. The average Bonchev–Trinajstić information content (AvgIpc) is 2.99. The summed E-state index contributed by atoms with van der Waals surface area (Å²) in [6.07, 6.45) is 4.27.